The summed E-state index contributed by atoms with van der Waals surface area (Å²) in [5, 5.41) is 0. The summed E-state index contributed by atoms with van der Waals surface area (Å²) in [4.78, 5) is 14.8. The van der Waals surface area contributed by atoms with Crippen LogP contribution in [-0.2, 0) is 9.53 Å². The van der Waals surface area contributed by atoms with Gasteiger partial charge in [-0.1, -0.05) is 0 Å². The van der Waals surface area contributed by atoms with Gasteiger partial charge in [0.2, 0.25) is 0 Å². The molecule has 2 fully saturated rings. The van der Waals surface area contributed by atoms with Crippen LogP contribution in [0.5, 0.6) is 0 Å². The predicted octanol–water partition coefficient (Wildman–Crippen LogP) is 2.12. The Bertz CT molecular complexity index is 336. The molecule has 0 amide bonds. The first kappa shape index (κ1) is 11.3. The molecule has 2 unspecified atom stereocenters. The van der Waals surface area contributed by atoms with E-state index in [0.717, 1.165) is 32.3 Å². The Kier molecular flexibility index (Phi) is 2.95. The quantitative estimate of drug-likeness (QED) is 0.734. The molecule has 2 atom stereocenters. The molecule has 17 heavy (non-hydrogen) atoms. The third-order valence-electron chi connectivity index (χ3n) is 4.65. The normalized spacial score (nSPS) is 37.5. The van der Waals surface area contributed by atoms with Crippen molar-refractivity contribution in [2.45, 2.75) is 50.6 Å². The van der Waals surface area contributed by atoms with Crippen LogP contribution in [0.4, 0.5) is 0 Å². The van der Waals surface area contributed by atoms with Crippen LogP contribution in [0.3, 0.4) is 0 Å². The largest absolute Gasteiger partial charge is 0.490 e. The molecule has 0 aliphatic carbocycles. The lowest BCUT2D eigenvalue weighted by atomic mass is 9.86. The zero-order valence-corrected chi connectivity index (χ0v) is 10.5. The maximum Gasteiger partial charge on any atom is 0.200 e. The Morgan fingerprint density at radius 1 is 1.35 bits per heavy atom. The van der Waals surface area contributed by atoms with E-state index in [0.29, 0.717) is 17.8 Å². The fourth-order valence-electron chi connectivity index (χ4n) is 3.56. The number of fused-ring (bicyclic) bond motifs is 2. The number of hydrogen-bond donors (Lipinski definition) is 0. The number of allylic oxidation sites excluding steroid dienone is 2. The lowest BCUT2D eigenvalue weighted by molar-refractivity contribution is -0.125. The summed E-state index contributed by atoms with van der Waals surface area (Å²) in [5.74, 6) is 1.15. The first-order valence-electron chi connectivity index (χ1n) is 6.85. The minimum absolute atomic E-state index is 0.216. The summed E-state index contributed by atoms with van der Waals surface area (Å²) >= 11 is 0. The van der Waals surface area contributed by atoms with Crippen molar-refractivity contribution in [2.75, 3.05) is 13.7 Å². The second-order valence-corrected chi connectivity index (χ2v) is 5.64. The third kappa shape index (κ3) is 2.01. The molecule has 3 aliphatic rings. The van der Waals surface area contributed by atoms with Crippen LogP contribution in [0.1, 0.15) is 38.5 Å². The number of carbonyl (C=O) groups excluding carboxylic acids is 1. The standard InChI is InChI=1S/C14H21NO2/c1-15-11-5-6-12(15)9-10(8-11)14(16)13-4-2-3-7-17-13/h4,10-12H,2-3,5-9H2,1H3. The van der Waals surface area contributed by atoms with Crippen LogP contribution in [0, 0.1) is 5.92 Å². The summed E-state index contributed by atoms with van der Waals surface area (Å²) < 4.78 is 5.51. The van der Waals surface area contributed by atoms with Crippen molar-refractivity contribution >= 4 is 5.78 Å². The topological polar surface area (TPSA) is 29.5 Å². The number of ketones is 1. The Hall–Kier alpha value is -0.830. The Balaban J connectivity index is 1.69. The van der Waals surface area contributed by atoms with Crippen molar-refractivity contribution in [3.05, 3.63) is 11.8 Å². The van der Waals surface area contributed by atoms with Gasteiger partial charge in [-0.25, -0.2) is 0 Å². The number of carbonyl (C=O) groups is 1. The SMILES string of the molecule is CN1C2CCC1CC(C(=O)C1=CCCCO1)C2. The number of piperidine rings is 1. The first-order chi connectivity index (χ1) is 8.25. The van der Waals surface area contributed by atoms with Gasteiger partial charge in [-0.05, 0) is 51.6 Å². The second kappa shape index (κ2) is 4.45. The lowest BCUT2D eigenvalue weighted by Crippen LogP contribution is -2.42. The van der Waals surface area contributed by atoms with Crippen LogP contribution in [-0.4, -0.2) is 36.4 Å². The average Bonchev–Trinajstić information content (AvgIpc) is 2.61. The highest BCUT2D eigenvalue weighted by atomic mass is 16.5. The van der Waals surface area contributed by atoms with E-state index < -0.39 is 0 Å². The monoisotopic (exact) mass is 235 g/mol. The predicted molar refractivity (Wildman–Crippen MR) is 65.6 cm³/mol. The molecular formula is C14H21NO2. The van der Waals surface area contributed by atoms with Crippen LogP contribution >= 0.6 is 0 Å². The third-order valence-corrected chi connectivity index (χ3v) is 4.65. The zero-order chi connectivity index (χ0) is 11.8. The molecule has 0 spiro atoms. The Morgan fingerprint density at radius 3 is 2.65 bits per heavy atom. The summed E-state index contributed by atoms with van der Waals surface area (Å²) in [5.41, 5.74) is 0. The second-order valence-electron chi connectivity index (χ2n) is 5.64. The van der Waals surface area contributed by atoms with E-state index in [-0.39, 0.29) is 11.7 Å². The van der Waals surface area contributed by atoms with Gasteiger partial charge in [0.15, 0.2) is 11.5 Å². The van der Waals surface area contributed by atoms with Crippen molar-refractivity contribution in [3.8, 4) is 0 Å². The van der Waals surface area contributed by atoms with Gasteiger partial charge in [-0.15, -0.1) is 0 Å². The number of nitrogens with zero attached hydrogens (tertiary/aromatic N) is 1. The molecule has 2 bridgehead atoms. The fraction of sp³-hybridized carbons (Fsp3) is 0.786. The minimum Gasteiger partial charge on any atom is -0.490 e. The average molecular weight is 235 g/mol. The highest BCUT2D eigenvalue weighted by molar-refractivity contribution is 5.95. The summed E-state index contributed by atoms with van der Waals surface area (Å²) in [6, 6.07) is 1.26. The molecule has 0 aromatic heterocycles. The van der Waals surface area contributed by atoms with Crippen molar-refractivity contribution in [2.24, 2.45) is 5.92 Å². The molecule has 2 saturated heterocycles. The fourth-order valence-corrected chi connectivity index (χ4v) is 3.56. The molecule has 0 saturated carbocycles. The summed E-state index contributed by atoms with van der Waals surface area (Å²) in [6.07, 6.45) is 8.65. The molecule has 0 aromatic carbocycles. The van der Waals surface area contributed by atoms with E-state index >= 15 is 0 Å². The lowest BCUT2D eigenvalue weighted by Gasteiger charge is -2.35. The smallest absolute Gasteiger partial charge is 0.200 e. The molecule has 0 radical (unpaired) electrons. The van der Waals surface area contributed by atoms with Gasteiger partial charge in [-0.3, -0.25) is 4.79 Å². The van der Waals surface area contributed by atoms with Crippen molar-refractivity contribution in [1.29, 1.82) is 0 Å². The van der Waals surface area contributed by atoms with Crippen LogP contribution in [0.15, 0.2) is 11.8 Å². The molecule has 94 valence electrons. The van der Waals surface area contributed by atoms with Crippen molar-refractivity contribution in [1.82, 2.24) is 4.90 Å². The van der Waals surface area contributed by atoms with Crippen molar-refractivity contribution < 1.29 is 9.53 Å². The van der Waals surface area contributed by atoms with Crippen LogP contribution in [0.25, 0.3) is 0 Å². The Labute approximate surface area is 103 Å². The highest BCUT2D eigenvalue weighted by Crippen LogP contribution is 2.38. The molecule has 3 heterocycles. The summed E-state index contributed by atoms with van der Waals surface area (Å²) in [6.45, 7) is 0.719. The molecule has 3 aliphatic heterocycles. The number of rotatable bonds is 2. The Morgan fingerprint density at radius 2 is 2.06 bits per heavy atom. The maximum absolute atomic E-state index is 12.4. The van der Waals surface area contributed by atoms with E-state index in [9.17, 15) is 4.79 Å². The van der Waals surface area contributed by atoms with Gasteiger partial charge in [0.05, 0.1) is 6.61 Å². The van der Waals surface area contributed by atoms with Gasteiger partial charge in [-0.2, -0.15) is 0 Å². The number of hydrogen-bond acceptors (Lipinski definition) is 3. The van der Waals surface area contributed by atoms with Gasteiger partial charge in [0.25, 0.3) is 0 Å². The number of Topliss-reactive ketones (excluding diaryl/α,β-unsaturated/α-hetero) is 1. The maximum atomic E-state index is 12.4. The number of ether oxygens (including phenoxy) is 1. The van der Waals surface area contributed by atoms with E-state index in [2.05, 4.69) is 11.9 Å². The molecule has 3 heteroatoms. The van der Waals surface area contributed by atoms with Gasteiger partial charge in [0, 0.05) is 18.0 Å². The van der Waals surface area contributed by atoms with Gasteiger partial charge in [0.1, 0.15) is 0 Å². The van der Waals surface area contributed by atoms with E-state index in [1.54, 1.807) is 0 Å². The first-order valence-corrected chi connectivity index (χ1v) is 6.85. The molecule has 0 aromatic rings. The minimum atomic E-state index is 0.216. The van der Waals surface area contributed by atoms with Crippen LogP contribution in [0.2, 0.25) is 0 Å². The van der Waals surface area contributed by atoms with E-state index in [1.165, 1.54) is 12.8 Å². The van der Waals surface area contributed by atoms with E-state index in [1.807, 2.05) is 6.08 Å². The van der Waals surface area contributed by atoms with Gasteiger partial charge < -0.3 is 9.64 Å². The summed E-state index contributed by atoms with van der Waals surface area (Å²) in [7, 11) is 2.21. The molecule has 3 rings (SSSR count). The van der Waals surface area contributed by atoms with Crippen molar-refractivity contribution in [3.63, 3.8) is 0 Å². The van der Waals surface area contributed by atoms with E-state index in [4.69, 9.17) is 4.74 Å². The zero-order valence-electron chi connectivity index (χ0n) is 10.5. The molecule has 0 N–H and O–H groups in total. The van der Waals surface area contributed by atoms with Gasteiger partial charge >= 0.3 is 0 Å². The molecule has 3 nitrogen and oxygen atoms in total. The van der Waals surface area contributed by atoms with Crippen LogP contribution < -0.4 is 0 Å². The highest BCUT2D eigenvalue weighted by Gasteiger charge is 2.41. The molecular weight excluding hydrogens is 214 g/mol.